The Labute approximate surface area is 173 Å². The summed E-state index contributed by atoms with van der Waals surface area (Å²) in [6, 6.07) is 22.3. The zero-order valence-electron chi connectivity index (χ0n) is 16.2. The van der Waals surface area contributed by atoms with Crippen molar-refractivity contribution in [2.24, 2.45) is 0 Å². The lowest BCUT2D eigenvalue weighted by Crippen LogP contribution is -2.19. The second-order valence-corrected chi connectivity index (χ2v) is 6.25. The second-order valence-electron chi connectivity index (χ2n) is 6.25. The predicted molar refractivity (Wildman–Crippen MR) is 112 cm³/mol. The van der Waals surface area contributed by atoms with E-state index in [1.165, 1.54) is 13.2 Å². The predicted octanol–water partition coefficient (Wildman–Crippen LogP) is 4.57. The first-order valence-electron chi connectivity index (χ1n) is 9.06. The Kier molecular flexibility index (Phi) is 6.64. The number of benzene rings is 3. The number of carbonyl (C=O) groups excluding carboxylic acids is 2. The molecule has 150 valence electrons. The Balaban J connectivity index is 1.71. The van der Waals surface area contributed by atoms with Crippen LogP contribution in [0.25, 0.3) is 0 Å². The molecule has 0 spiro atoms. The Bertz CT molecular complexity index is 1070. The Morgan fingerprint density at radius 3 is 2.30 bits per heavy atom. The number of carbonyl (C=O) groups is 2. The van der Waals surface area contributed by atoms with Crippen molar-refractivity contribution in [1.82, 2.24) is 0 Å². The molecule has 0 bridgehead atoms. The topological polar surface area (TPSA) is 100 Å². The Morgan fingerprint density at radius 2 is 1.63 bits per heavy atom. The molecule has 0 heterocycles. The van der Waals surface area contributed by atoms with Crippen molar-refractivity contribution >= 4 is 23.4 Å². The quantitative estimate of drug-likeness (QED) is 0.590. The number of rotatable bonds is 6. The van der Waals surface area contributed by atoms with E-state index in [9.17, 15) is 9.59 Å². The number of anilines is 2. The van der Waals surface area contributed by atoms with Gasteiger partial charge in [0.1, 0.15) is 17.9 Å². The van der Waals surface area contributed by atoms with Crippen LogP contribution in [0.4, 0.5) is 16.2 Å². The van der Waals surface area contributed by atoms with Gasteiger partial charge in [-0.15, -0.1) is 0 Å². The lowest BCUT2D eigenvalue weighted by molar-refractivity contribution is 0.0595. The van der Waals surface area contributed by atoms with Gasteiger partial charge in [0.05, 0.1) is 18.7 Å². The maximum absolute atomic E-state index is 12.2. The standard InChI is InChI=1S/C23H19N3O4/c1-29-22(27)20-13-19(26-23(28)25-18-5-3-2-4-6-18)11-12-21(20)30-15-17-9-7-16(14-24)8-10-17/h2-13H,15H2,1H3,(H2,25,26,28). The van der Waals surface area contributed by atoms with E-state index in [4.69, 9.17) is 14.7 Å². The minimum absolute atomic E-state index is 0.184. The van der Waals surface area contributed by atoms with Gasteiger partial charge in [0.25, 0.3) is 0 Å². The minimum atomic E-state index is -0.586. The summed E-state index contributed by atoms with van der Waals surface area (Å²) >= 11 is 0. The number of para-hydroxylation sites is 1. The summed E-state index contributed by atoms with van der Waals surface area (Å²) in [6.07, 6.45) is 0. The van der Waals surface area contributed by atoms with E-state index in [1.54, 1.807) is 48.5 Å². The van der Waals surface area contributed by atoms with Gasteiger partial charge in [-0.05, 0) is 48.0 Å². The van der Waals surface area contributed by atoms with Crippen LogP contribution in [0, 0.1) is 11.3 Å². The van der Waals surface area contributed by atoms with Crippen LogP contribution in [-0.4, -0.2) is 19.1 Å². The summed E-state index contributed by atoms with van der Waals surface area (Å²) in [5.74, 6) is -0.267. The molecule has 0 radical (unpaired) electrons. The maximum Gasteiger partial charge on any atom is 0.341 e. The third-order valence-corrected chi connectivity index (χ3v) is 4.15. The minimum Gasteiger partial charge on any atom is -0.488 e. The summed E-state index contributed by atoms with van der Waals surface area (Å²) in [7, 11) is 1.27. The first-order chi connectivity index (χ1) is 14.6. The Morgan fingerprint density at radius 1 is 0.933 bits per heavy atom. The molecule has 0 unspecified atom stereocenters. The number of hydrogen-bond donors (Lipinski definition) is 2. The highest BCUT2D eigenvalue weighted by Gasteiger charge is 2.15. The molecule has 0 aliphatic heterocycles. The average molecular weight is 401 g/mol. The third-order valence-electron chi connectivity index (χ3n) is 4.15. The highest BCUT2D eigenvalue weighted by atomic mass is 16.5. The van der Waals surface area contributed by atoms with Crippen molar-refractivity contribution in [3.05, 3.63) is 89.5 Å². The molecule has 3 aromatic carbocycles. The molecule has 0 atom stereocenters. The molecule has 7 nitrogen and oxygen atoms in total. The van der Waals surface area contributed by atoms with Crippen molar-refractivity contribution in [3.8, 4) is 11.8 Å². The van der Waals surface area contributed by atoms with Gasteiger partial charge < -0.3 is 20.1 Å². The SMILES string of the molecule is COC(=O)c1cc(NC(=O)Nc2ccccc2)ccc1OCc1ccc(C#N)cc1. The van der Waals surface area contributed by atoms with Gasteiger partial charge in [0, 0.05) is 11.4 Å². The molecular formula is C23H19N3O4. The molecule has 0 aliphatic rings. The number of urea groups is 1. The summed E-state index contributed by atoms with van der Waals surface area (Å²) in [4.78, 5) is 24.4. The molecule has 0 aliphatic carbocycles. The molecule has 0 saturated carbocycles. The van der Waals surface area contributed by atoms with Gasteiger partial charge in [0.2, 0.25) is 0 Å². The van der Waals surface area contributed by atoms with Crippen LogP contribution in [0.5, 0.6) is 5.75 Å². The molecule has 7 heteroatoms. The van der Waals surface area contributed by atoms with E-state index in [0.717, 1.165) is 5.56 Å². The summed E-state index contributed by atoms with van der Waals surface area (Å²) in [5, 5.41) is 14.2. The van der Waals surface area contributed by atoms with E-state index in [0.29, 0.717) is 22.7 Å². The first-order valence-corrected chi connectivity index (χ1v) is 9.06. The molecule has 0 saturated heterocycles. The molecule has 2 N–H and O–H groups in total. The molecule has 2 amide bonds. The lowest BCUT2D eigenvalue weighted by atomic mass is 10.1. The largest absolute Gasteiger partial charge is 0.488 e. The molecule has 30 heavy (non-hydrogen) atoms. The molecule has 0 fully saturated rings. The van der Waals surface area contributed by atoms with Crippen LogP contribution in [0.15, 0.2) is 72.8 Å². The van der Waals surface area contributed by atoms with Gasteiger partial charge in [-0.3, -0.25) is 0 Å². The van der Waals surface area contributed by atoms with E-state index in [1.807, 2.05) is 18.2 Å². The maximum atomic E-state index is 12.2. The summed E-state index contributed by atoms with van der Waals surface area (Å²) < 4.78 is 10.6. The molecule has 3 rings (SSSR count). The number of nitrogens with one attached hydrogen (secondary N) is 2. The molecule has 3 aromatic rings. The number of amides is 2. The fraction of sp³-hybridized carbons (Fsp3) is 0.0870. The number of nitrogens with zero attached hydrogens (tertiary/aromatic N) is 1. The number of methoxy groups -OCH3 is 1. The second kappa shape index (κ2) is 9.75. The number of esters is 1. The first kappa shape index (κ1) is 20.4. The van der Waals surface area contributed by atoms with Crippen molar-refractivity contribution < 1.29 is 19.1 Å². The van der Waals surface area contributed by atoms with Crippen LogP contribution in [0.1, 0.15) is 21.5 Å². The third kappa shape index (κ3) is 5.36. The van der Waals surface area contributed by atoms with E-state index in [2.05, 4.69) is 16.7 Å². The van der Waals surface area contributed by atoms with E-state index < -0.39 is 12.0 Å². The zero-order valence-corrected chi connectivity index (χ0v) is 16.2. The van der Waals surface area contributed by atoms with Crippen molar-refractivity contribution in [2.75, 3.05) is 17.7 Å². The van der Waals surface area contributed by atoms with Crippen LogP contribution < -0.4 is 15.4 Å². The number of hydrogen-bond acceptors (Lipinski definition) is 5. The van der Waals surface area contributed by atoms with Crippen LogP contribution in [0.3, 0.4) is 0 Å². The van der Waals surface area contributed by atoms with E-state index >= 15 is 0 Å². The van der Waals surface area contributed by atoms with Gasteiger partial charge in [0.15, 0.2) is 0 Å². The fourth-order valence-corrected chi connectivity index (χ4v) is 2.65. The average Bonchev–Trinajstić information content (AvgIpc) is 2.78. The highest BCUT2D eigenvalue weighted by Crippen LogP contribution is 2.25. The number of nitriles is 1. The zero-order chi connectivity index (χ0) is 21.3. The van der Waals surface area contributed by atoms with Gasteiger partial charge >= 0.3 is 12.0 Å². The number of ether oxygens (including phenoxy) is 2. The van der Waals surface area contributed by atoms with Gasteiger partial charge in [-0.2, -0.15) is 5.26 Å². The van der Waals surface area contributed by atoms with Crippen molar-refractivity contribution in [1.29, 1.82) is 5.26 Å². The fourth-order valence-electron chi connectivity index (χ4n) is 2.65. The lowest BCUT2D eigenvalue weighted by Gasteiger charge is -2.13. The van der Waals surface area contributed by atoms with Crippen LogP contribution >= 0.6 is 0 Å². The molecule has 0 aromatic heterocycles. The van der Waals surface area contributed by atoms with Gasteiger partial charge in [-0.1, -0.05) is 30.3 Å². The highest BCUT2D eigenvalue weighted by molar-refractivity contribution is 6.01. The van der Waals surface area contributed by atoms with Crippen LogP contribution in [0.2, 0.25) is 0 Å². The smallest absolute Gasteiger partial charge is 0.341 e. The van der Waals surface area contributed by atoms with Crippen molar-refractivity contribution in [2.45, 2.75) is 6.61 Å². The Hall–Kier alpha value is -4.31. The monoisotopic (exact) mass is 401 g/mol. The van der Waals surface area contributed by atoms with Crippen LogP contribution in [-0.2, 0) is 11.3 Å². The summed E-state index contributed by atoms with van der Waals surface area (Å²) in [6.45, 7) is 0.205. The van der Waals surface area contributed by atoms with Gasteiger partial charge in [-0.25, -0.2) is 9.59 Å². The summed E-state index contributed by atoms with van der Waals surface area (Å²) in [5.41, 5.74) is 2.64. The molecular weight excluding hydrogens is 382 g/mol. The van der Waals surface area contributed by atoms with E-state index in [-0.39, 0.29) is 12.2 Å². The van der Waals surface area contributed by atoms with Crippen molar-refractivity contribution in [3.63, 3.8) is 0 Å². The normalized spacial score (nSPS) is 9.87.